The molecule has 0 aliphatic heterocycles. The highest BCUT2D eigenvalue weighted by molar-refractivity contribution is 7.92. The number of carbonyl (C=O) groups excluding carboxylic acids is 1. The number of anilines is 1. The van der Waals surface area contributed by atoms with Crippen LogP contribution in [0.5, 0.6) is 0 Å². The second-order valence-electron chi connectivity index (χ2n) is 5.95. The van der Waals surface area contributed by atoms with Crippen molar-refractivity contribution < 1.29 is 17.6 Å². The van der Waals surface area contributed by atoms with Crippen LogP contribution in [0.3, 0.4) is 0 Å². The lowest BCUT2D eigenvalue weighted by Gasteiger charge is -2.30. The van der Waals surface area contributed by atoms with Crippen LogP contribution in [0, 0.1) is 5.82 Å². The Morgan fingerprint density at radius 3 is 2.19 bits per heavy atom. The lowest BCUT2D eigenvalue weighted by atomic mass is 10.1. The van der Waals surface area contributed by atoms with Crippen LogP contribution < -0.4 is 9.62 Å². The van der Waals surface area contributed by atoms with Gasteiger partial charge in [0.2, 0.25) is 15.9 Å². The van der Waals surface area contributed by atoms with Gasteiger partial charge in [0.1, 0.15) is 11.9 Å². The second-order valence-corrected chi connectivity index (χ2v) is 8.69. The summed E-state index contributed by atoms with van der Waals surface area (Å²) in [6, 6.07) is 9.02. The molecule has 1 amide bonds. The summed E-state index contributed by atoms with van der Waals surface area (Å²) in [5, 5.41) is 3.20. The number of benzene rings is 2. The van der Waals surface area contributed by atoms with Crippen molar-refractivity contribution in [3.05, 3.63) is 63.9 Å². The zero-order valence-electron chi connectivity index (χ0n) is 14.7. The Morgan fingerprint density at radius 2 is 1.70 bits per heavy atom. The first kappa shape index (κ1) is 21.5. The summed E-state index contributed by atoms with van der Waals surface area (Å²) in [6.45, 7) is 1.84. The average molecular weight is 433 g/mol. The SMILES string of the molecule is CC[C@H](C(=O)NCc1ccc(F)cc1)N(c1cc(Cl)cc(Cl)c1)S(C)(=O)=O. The number of halogens is 3. The molecule has 2 rings (SSSR count). The van der Waals surface area contributed by atoms with Crippen molar-refractivity contribution in [3.63, 3.8) is 0 Å². The van der Waals surface area contributed by atoms with E-state index in [9.17, 15) is 17.6 Å². The van der Waals surface area contributed by atoms with E-state index in [-0.39, 0.29) is 34.5 Å². The maximum Gasteiger partial charge on any atom is 0.244 e. The highest BCUT2D eigenvalue weighted by Gasteiger charge is 2.31. The summed E-state index contributed by atoms with van der Waals surface area (Å²) in [7, 11) is -3.79. The van der Waals surface area contributed by atoms with E-state index in [0.29, 0.717) is 5.56 Å². The summed E-state index contributed by atoms with van der Waals surface area (Å²) < 4.78 is 38.8. The molecule has 0 aliphatic rings. The van der Waals surface area contributed by atoms with E-state index >= 15 is 0 Å². The minimum absolute atomic E-state index is 0.142. The Kier molecular flexibility index (Phi) is 7.08. The molecule has 1 atom stereocenters. The van der Waals surface area contributed by atoms with Crippen molar-refractivity contribution in [2.24, 2.45) is 0 Å². The van der Waals surface area contributed by atoms with Crippen molar-refractivity contribution >= 4 is 44.8 Å². The van der Waals surface area contributed by atoms with Gasteiger partial charge in [0, 0.05) is 16.6 Å². The molecule has 2 aromatic carbocycles. The number of carbonyl (C=O) groups is 1. The Balaban J connectivity index is 2.28. The molecule has 0 bridgehead atoms. The van der Waals surface area contributed by atoms with Gasteiger partial charge in [0.15, 0.2) is 0 Å². The molecule has 0 heterocycles. The van der Waals surface area contributed by atoms with Gasteiger partial charge in [-0.2, -0.15) is 0 Å². The zero-order valence-corrected chi connectivity index (χ0v) is 17.1. The van der Waals surface area contributed by atoms with Gasteiger partial charge in [0.05, 0.1) is 11.9 Å². The molecule has 27 heavy (non-hydrogen) atoms. The first-order chi connectivity index (χ1) is 12.6. The minimum Gasteiger partial charge on any atom is -0.350 e. The molecule has 2 aromatic rings. The minimum atomic E-state index is -3.79. The molecule has 9 heteroatoms. The molecule has 0 saturated heterocycles. The third-order valence-corrected chi connectivity index (χ3v) is 5.43. The van der Waals surface area contributed by atoms with Gasteiger partial charge in [-0.25, -0.2) is 12.8 Å². The fourth-order valence-corrected chi connectivity index (χ4v) is 4.35. The van der Waals surface area contributed by atoms with Crippen LogP contribution in [0.4, 0.5) is 10.1 Å². The highest BCUT2D eigenvalue weighted by Crippen LogP contribution is 2.29. The topological polar surface area (TPSA) is 66.5 Å². The Hall–Kier alpha value is -1.83. The third kappa shape index (κ3) is 5.82. The fraction of sp³-hybridized carbons (Fsp3) is 0.278. The van der Waals surface area contributed by atoms with Crippen LogP contribution in [-0.2, 0) is 21.4 Å². The first-order valence-electron chi connectivity index (χ1n) is 8.09. The van der Waals surface area contributed by atoms with Crippen LogP contribution in [0.2, 0.25) is 10.0 Å². The van der Waals surface area contributed by atoms with Crippen molar-refractivity contribution in [2.45, 2.75) is 25.9 Å². The summed E-state index contributed by atoms with van der Waals surface area (Å²) in [4.78, 5) is 12.7. The van der Waals surface area contributed by atoms with Crippen LogP contribution in [0.1, 0.15) is 18.9 Å². The maximum absolute atomic E-state index is 13.0. The van der Waals surface area contributed by atoms with E-state index in [4.69, 9.17) is 23.2 Å². The molecule has 0 spiro atoms. The van der Waals surface area contributed by atoms with Gasteiger partial charge in [-0.05, 0) is 42.3 Å². The molecular formula is C18H19Cl2FN2O3S. The molecule has 0 fully saturated rings. The monoisotopic (exact) mass is 432 g/mol. The van der Waals surface area contributed by atoms with Crippen LogP contribution in [0.15, 0.2) is 42.5 Å². The quantitative estimate of drug-likeness (QED) is 0.718. The smallest absolute Gasteiger partial charge is 0.244 e. The average Bonchev–Trinajstić information content (AvgIpc) is 2.56. The van der Waals surface area contributed by atoms with Crippen molar-refractivity contribution in [2.75, 3.05) is 10.6 Å². The predicted molar refractivity (Wildman–Crippen MR) is 106 cm³/mol. The van der Waals surface area contributed by atoms with Gasteiger partial charge >= 0.3 is 0 Å². The molecule has 0 unspecified atom stereocenters. The normalized spacial score (nSPS) is 12.5. The molecule has 146 valence electrons. The van der Waals surface area contributed by atoms with Gasteiger partial charge in [0.25, 0.3) is 0 Å². The van der Waals surface area contributed by atoms with Gasteiger partial charge < -0.3 is 5.32 Å². The third-order valence-electron chi connectivity index (χ3n) is 3.81. The Morgan fingerprint density at radius 1 is 1.15 bits per heavy atom. The number of hydrogen-bond acceptors (Lipinski definition) is 3. The molecule has 0 aliphatic carbocycles. The molecule has 0 saturated carbocycles. The Labute approximate surface area is 168 Å². The lowest BCUT2D eigenvalue weighted by molar-refractivity contribution is -0.122. The van der Waals surface area contributed by atoms with Crippen LogP contribution in [0.25, 0.3) is 0 Å². The first-order valence-corrected chi connectivity index (χ1v) is 10.7. The van der Waals surface area contributed by atoms with Gasteiger partial charge in [-0.1, -0.05) is 42.3 Å². The van der Waals surface area contributed by atoms with E-state index in [2.05, 4.69) is 5.32 Å². The van der Waals surface area contributed by atoms with E-state index in [0.717, 1.165) is 10.6 Å². The number of amides is 1. The zero-order chi connectivity index (χ0) is 20.2. The summed E-state index contributed by atoms with van der Waals surface area (Å²) in [5.74, 6) is -0.860. The van der Waals surface area contributed by atoms with Crippen LogP contribution in [-0.4, -0.2) is 26.6 Å². The van der Waals surface area contributed by atoms with Gasteiger partial charge in [-0.3, -0.25) is 9.10 Å². The Bertz CT molecular complexity index is 900. The molecule has 1 N–H and O–H groups in total. The fourth-order valence-electron chi connectivity index (χ4n) is 2.64. The van der Waals surface area contributed by atoms with Crippen molar-refractivity contribution in [3.8, 4) is 0 Å². The number of rotatable bonds is 7. The highest BCUT2D eigenvalue weighted by atomic mass is 35.5. The second kappa shape index (κ2) is 8.91. The number of nitrogens with one attached hydrogen (secondary N) is 1. The molecule has 0 aromatic heterocycles. The largest absolute Gasteiger partial charge is 0.350 e. The molecular weight excluding hydrogens is 414 g/mol. The predicted octanol–water partition coefficient (Wildman–Crippen LogP) is 3.99. The lowest BCUT2D eigenvalue weighted by Crippen LogP contribution is -2.49. The van der Waals surface area contributed by atoms with Crippen molar-refractivity contribution in [1.29, 1.82) is 0 Å². The van der Waals surface area contributed by atoms with Gasteiger partial charge in [-0.15, -0.1) is 0 Å². The number of nitrogens with zero attached hydrogens (tertiary/aromatic N) is 1. The molecule has 5 nitrogen and oxygen atoms in total. The summed E-state index contributed by atoms with van der Waals surface area (Å²) in [5.41, 5.74) is 0.898. The number of sulfonamides is 1. The summed E-state index contributed by atoms with van der Waals surface area (Å²) >= 11 is 12.0. The maximum atomic E-state index is 13.0. The summed E-state index contributed by atoms with van der Waals surface area (Å²) in [6.07, 6.45) is 1.24. The van der Waals surface area contributed by atoms with Crippen LogP contribution >= 0.6 is 23.2 Å². The van der Waals surface area contributed by atoms with E-state index in [1.165, 1.54) is 30.3 Å². The van der Waals surface area contributed by atoms with E-state index in [1.54, 1.807) is 19.1 Å². The number of hydrogen-bond donors (Lipinski definition) is 1. The molecule has 0 radical (unpaired) electrons. The standard InChI is InChI=1S/C18H19Cl2FN2O3S/c1-3-17(18(24)22-11-12-4-6-15(21)7-5-12)23(27(2,25)26)16-9-13(19)8-14(20)10-16/h4-10,17H,3,11H2,1-2H3,(H,22,24)/t17-/m1/s1. The van der Waals surface area contributed by atoms with Crippen molar-refractivity contribution in [1.82, 2.24) is 5.32 Å². The van der Waals surface area contributed by atoms with E-state index in [1.807, 2.05) is 0 Å². The van der Waals surface area contributed by atoms with E-state index < -0.39 is 22.0 Å².